The molecule has 180 valence electrons. The Hall–Kier alpha value is -3.23. The minimum Gasteiger partial charge on any atom is -0.351 e. The Morgan fingerprint density at radius 2 is 1.69 bits per heavy atom. The second-order valence-electron chi connectivity index (χ2n) is 8.68. The van der Waals surface area contributed by atoms with Crippen LogP contribution >= 0.6 is 11.6 Å². The van der Waals surface area contributed by atoms with Crippen LogP contribution in [0.2, 0.25) is 5.02 Å². The lowest BCUT2D eigenvalue weighted by atomic mass is 9.96. The first-order valence-electron chi connectivity index (χ1n) is 11.5. The highest BCUT2D eigenvalue weighted by Crippen LogP contribution is 2.30. The van der Waals surface area contributed by atoms with Gasteiger partial charge in [-0.15, -0.1) is 0 Å². The van der Waals surface area contributed by atoms with E-state index in [4.69, 9.17) is 11.6 Å². The third-order valence-electron chi connectivity index (χ3n) is 6.19. The van der Waals surface area contributed by atoms with Gasteiger partial charge in [0.2, 0.25) is 5.95 Å². The van der Waals surface area contributed by atoms with Gasteiger partial charge in [0.15, 0.2) is 0 Å². The summed E-state index contributed by atoms with van der Waals surface area (Å²) in [6.07, 6.45) is 7.78. The van der Waals surface area contributed by atoms with Crippen LogP contribution < -0.4 is 10.0 Å². The Kier molecular flexibility index (Phi) is 6.58. The Bertz CT molecular complexity index is 1490. The fourth-order valence-electron chi connectivity index (χ4n) is 4.35. The number of hydrogen-bond acceptors (Lipinski definition) is 5. The highest BCUT2D eigenvalue weighted by atomic mass is 35.5. The minimum absolute atomic E-state index is 0.0625. The van der Waals surface area contributed by atoms with Gasteiger partial charge in [0.25, 0.3) is 10.0 Å². The van der Waals surface area contributed by atoms with E-state index in [9.17, 15) is 12.8 Å². The number of nitrogens with one attached hydrogen (secondary N) is 2. The van der Waals surface area contributed by atoms with Gasteiger partial charge in [-0.2, -0.15) is 0 Å². The first-order valence-corrected chi connectivity index (χ1v) is 13.4. The van der Waals surface area contributed by atoms with E-state index in [-0.39, 0.29) is 15.6 Å². The zero-order chi connectivity index (χ0) is 24.4. The van der Waals surface area contributed by atoms with Gasteiger partial charge < -0.3 is 5.32 Å². The molecule has 1 heterocycles. The average molecular weight is 511 g/mol. The van der Waals surface area contributed by atoms with Gasteiger partial charge in [0.1, 0.15) is 10.7 Å². The second-order valence-corrected chi connectivity index (χ2v) is 10.7. The molecule has 35 heavy (non-hydrogen) atoms. The Morgan fingerprint density at radius 1 is 0.943 bits per heavy atom. The summed E-state index contributed by atoms with van der Waals surface area (Å²) in [7, 11) is -4.03. The molecule has 6 nitrogen and oxygen atoms in total. The molecule has 0 unspecified atom stereocenters. The quantitative estimate of drug-likeness (QED) is 0.304. The maximum absolute atomic E-state index is 14.9. The number of sulfonamides is 1. The minimum atomic E-state index is -4.03. The number of halogens is 2. The van der Waals surface area contributed by atoms with Crippen LogP contribution in [0.1, 0.15) is 32.1 Å². The summed E-state index contributed by atoms with van der Waals surface area (Å²) in [6, 6.07) is 16.4. The maximum Gasteiger partial charge on any atom is 0.263 e. The Labute approximate surface area is 208 Å². The molecule has 1 aromatic heterocycles. The predicted molar refractivity (Wildman–Crippen MR) is 138 cm³/mol. The summed E-state index contributed by atoms with van der Waals surface area (Å²) in [5, 5.41) is 4.33. The average Bonchev–Trinajstić information content (AvgIpc) is 2.85. The number of hydrogen-bond donors (Lipinski definition) is 2. The molecule has 0 bridgehead atoms. The van der Waals surface area contributed by atoms with Crippen LogP contribution in [0.5, 0.6) is 0 Å². The van der Waals surface area contributed by atoms with Crippen molar-refractivity contribution in [3.8, 4) is 11.1 Å². The maximum atomic E-state index is 14.9. The molecular weight excluding hydrogens is 487 g/mol. The van der Waals surface area contributed by atoms with Gasteiger partial charge in [-0.1, -0.05) is 55.1 Å². The normalized spacial score (nSPS) is 14.7. The summed E-state index contributed by atoms with van der Waals surface area (Å²) >= 11 is 6.00. The van der Waals surface area contributed by atoms with Crippen molar-refractivity contribution < 1.29 is 12.8 Å². The van der Waals surface area contributed by atoms with Crippen molar-refractivity contribution in [3.63, 3.8) is 0 Å². The molecule has 3 aromatic carbocycles. The number of benzene rings is 3. The lowest BCUT2D eigenvalue weighted by Crippen LogP contribution is -2.23. The van der Waals surface area contributed by atoms with E-state index in [0.717, 1.165) is 29.3 Å². The molecule has 0 aliphatic heterocycles. The molecular formula is C26H24ClFN4O2S. The molecule has 9 heteroatoms. The molecule has 1 fully saturated rings. The van der Waals surface area contributed by atoms with Gasteiger partial charge in [0, 0.05) is 17.6 Å². The van der Waals surface area contributed by atoms with Crippen molar-refractivity contribution in [2.45, 2.75) is 43.0 Å². The van der Waals surface area contributed by atoms with E-state index in [1.807, 2.05) is 18.2 Å². The molecule has 1 saturated carbocycles. The monoisotopic (exact) mass is 510 g/mol. The molecule has 0 spiro atoms. The van der Waals surface area contributed by atoms with Crippen LogP contribution in [-0.4, -0.2) is 24.4 Å². The smallest absolute Gasteiger partial charge is 0.263 e. The molecule has 0 atom stereocenters. The summed E-state index contributed by atoms with van der Waals surface area (Å²) in [4.78, 5) is 8.97. The standard InChI is InChI=1S/C26H24ClFN4O2S/c27-21-8-4-5-9-25(21)35(33,34)32-24-13-11-18(15-22(24)28)17-10-12-23-19(14-17)16-29-26(31-23)30-20-6-2-1-3-7-20/h4-5,8-16,20,32H,1-3,6-7H2,(H,29,30,31). The van der Waals surface area contributed by atoms with Gasteiger partial charge >= 0.3 is 0 Å². The Morgan fingerprint density at radius 3 is 2.46 bits per heavy atom. The van der Waals surface area contributed by atoms with Crippen molar-refractivity contribution in [1.82, 2.24) is 9.97 Å². The first-order chi connectivity index (χ1) is 16.9. The van der Waals surface area contributed by atoms with Crippen LogP contribution in [0.25, 0.3) is 22.0 Å². The third-order valence-corrected chi connectivity index (χ3v) is 8.06. The first kappa shape index (κ1) is 23.5. The summed E-state index contributed by atoms with van der Waals surface area (Å²) < 4.78 is 42.5. The lowest BCUT2D eigenvalue weighted by Gasteiger charge is -2.22. The highest BCUT2D eigenvalue weighted by molar-refractivity contribution is 7.92. The fraction of sp³-hybridized carbons (Fsp3) is 0.231. The van der Waals surface area contributed by atoms with E-state index < -0.39 is 15.8 Å². The third kappa shape index (κ3) is 5.23. The molecule has 1 aliphatic rings. The second kappa shape index (κ2) is 9.79. The number of nitrogens with zero attached hydrogens (tertiary/aromatic N) is 2. The van der Waals surface area contributed by atoms with Crippen LogP contribution in [-0.2, 0) is 10.0 Å². The van der Waals surface area contributed by atoms with E-state index in [1.165, 1.54) is 43.5 Å². The fourth-order valence-corrected chi connectivity index (χ4v) is 5.94. The van der Waals surface area contributed by atoms with Crippen LogP contribution in [0.3, 0.4) is 0 Å². The lowest BCUT2D eigenvalue weighted by molar-refractivity contribution is 0.461. The molecule has 2 N–H and O–H groups in total. The zero-order valence-electron chi connectivity index (χ0n) is 18.8. The van der Waals surface area contributed by atoms with Gasteiger partial charge in [-0.3, -0.25) is 4.72 Å². The van der Waals surface area contributed by atoms with Crippen molar-refractivity contribution in [2.75, 3.05) is 10.0 Å². The topological polar surface area (TPSA) is 84.0 Å². The molecule has 0 amide bonds. The number of anilines is 2. The highest BCUT2D eigenvalue weighted by Gasteiger charge is 2.20. The van der Waals surface area contributed by atoms with E-state index in [2.05, 4.69) is 20.0 Å². The van der Waals surface area contributed by atoms with E-state index in [0.29, 0.717) is 17.6 Å². The molecule has 4 aromatic rings. The number of fused-ring (bicyclic) bond motifs is 1. The number of aromatic nitrogens is 2. The van der Waals surface area contributed by atoms with Crippen molar-refractivity contribution in [1.29, 1.82) is 0 Å². The van der Waals surface area contributed by atoms with Gasteiger partial charge in [-0.25, -0.2) is 22.8 Å². The predicted octanol–water partition coefficient (Wildman–Crippen LogP) is 6.63. The van der Waals surface area contributed by atoms with Crippen LogP contribution in [0, 0.1) is 5.82 Å². The van der Waals surface area contributed by atoms with Crippen molar-refractivity contribution in [2.24, 2.45) is 0 Å². The largest absolute Gasteiger partial charge is 0.351 e. The molecule has 1 aliphatic carbocycles. The van der Waals surface area contributed by atoms with Gasteiger partial charge in [0.05, 0.1) is 16.2 Å². The zero-order valence-corrected chi connectivity index (χ0v) is 20.4. The van der Waals surface area contributed by atoms with Crippen molar-refractivity contribution in [3.05, 3.63) is 77.7 Å². The summed E-state index contributed by atoms with van der Waals surface area (Å²) in [6.45, 7) is 0. The van der Waals surface area contributed by atoms with Crippen LogP contribution in [0.15, 0.2) is 71.8 Å². The summed E-state index contributed by atoms with van der Waals surface area (Å²) in [5.41, 5.74) is 2.02. The molecule has 0 saturated heterocycles. The molecule has 5 rings (SSSR count). The number of rotatable bonds is 6. The Balaban J connectivity index is 1.36. The molecule has 0 radical (unpaired) electrons. The summed E-state index contributed by atoms with van der Waals surface area (Å²) in [5.74, 6) is -0.0696. The van der Waals surface area contributed by atoms with Crippen molar-refractivity contribution >= 4 is 44.2 Å². The van der Waals surface area contributed by atoms with E-state index >= 15 is 0 Å². The van der Waals surface area contributed by atoms with Crippen LogP contribution in [0.4, 0.5) is 16.0 Å². The van der Waals surface area contributed by atoms with Gasteiger partial charge in [-0.05, 0) is 60.4 Å². The SMILES string of the molecule is O=S(=O)(Nc1ccc(-c2ccc3nc(NC4CCCCC4)ncc3c2)cc1F)c1ccccc1Cl. The van der Waals surface area contributed by atoms with E-state index in [1.54, 1.807) is 24.4 Å².